The van der Waals surface area contributed by atoms with Crippen molar-refractivity contribution in [2.24, 2.45) is 5.73 Å². The Balaban J connectivity index is 1.76. The molecule has 4 aromatic rings. The highest BCUT2D eigenvalue weighted by molar-refractivity contribution is 6.04. The number of hydrogen-bond acceptors (Lipinski definition) is 8. The van der Waals surface area contributed by atoms with Gasteiger partial charge in [0.25, 0.3) is 5.91 Å². The van der Waals surface area contributed by atoms with E-state index in [4.69, 9.17) is 15.2 Å². The van der Waals surface area contributed by atoms with Gasteiger partial charge in [0.1, 0.15) is 17.1 Å². The standard InChI is InChI=1S/C21H21N7O3/c1-30-15-9-14(10-16(11-15)31-2)26-19-17(18(22)29)20-24-7-8-28(20)21(27-19)25-12-13-3-5-23-6-4-13/h3-11,26H,12H2,1-2H3,(H2,22,29)(H,25,27). The van der Waals surface area contributed by atoms with Crippen molar-refractivity contribution in [3.63, 3.8) is 0 Å². The first-order valence-electron chi connectivity index (χ1n) is 9.38. The van der Waals surface area contributed by atoms with Gasteiger partial charge < -0.3 is 25.8 Å². The number of anilines is 3. The average molecular weight is 419 g/mol. The molecule has 0 saturated heterocycles. The summed E-state index contributed by atoms with van der Waals surface area (Å²) in [6.45, 7) is 0.505. The third-order valence-electron chi connectivity index (χ3n) is 4.61. The number of nitrogens with one attached hydrogen (secondary N) is 2. The second-order valence-corrected chi connectivity index (χ2v) is 6.58. The highest BCUT2D eigenvalue weighted by atomic mass is 16.5. The van der Waals surface area contributed by atoms with Crippen LogP contribution in [0.1, 0.15) is 15.9 Å². The SMILES string of the molecule is COc1cc(Nc2nc(NCc3ccncc3)n3ccnc3c2C(N)=O)cc(OC)c1. The smallest absolute Gasteiger partial charge is 0.256 e. The zero-order valence-corrected chi connectivity index (χ0v) is 17.0. The number of amides is 1. The number of carbonyl (C=O) groups is 1. The first-order valence-corrected chi connectivity index (χ1v) is 9.38. The van der Waals surface area contributed by atoms with Crippen molar-refractivity contribution in [2.75, 3.05) is 24.9 Å². The van der Waals surface area contributed by atoms with E-state index in [0.717, 1.165) is 5.56 Å². The molecule has 3 aromatic heterocycles. The lowest BCUT2D eigenvalue weighted by atomic mass is 10.2. The number of primary amides is 1. The van der Waals surface area contributed by atoms with Gasteiger partial charge in [-0.05, 0) is 17.7 Å². The molecule has 0 atom stereocenters. The van der Waals surface area contributed by atoms with Crippen molar-refractivity contribution < 1.29 is 14.3 Å². The summed E-state index contributed by atoms with van der Waals surface area (Å²) in [7, 11) is 3.12. The van der Waals surface area contributed by atoms with Crippen LogP contribution in [0.5, 0.6) is 11.5 Å². The topological polar surface area (TPSA) is 129 Å². The van der Waals surface area contributed by atoms with Crippen LogP contribution in [0.3, 0.4) is 0 Å². The van der Waals surface area contributed by atoms with Gasteiger partial charge in [-0.25, -0.2) is 4.98 Å². The average Bonchev–Trinajstić information content (AvgIpc) is 3.27. The number of hydrogen-bond donors (Lipinski definition) is 3. The number of nitrogens with two attached hydrogens (primary N) is 1. The number of benzene rings is 1. The van der Waals surface area contributed by atoms with E-state index in [1.54, 1.807) is 61.6 Å². The van der Waals surface area contributed by atoms with Gasteiger partial charge in [-0.2, -0.15) is 4.98 Å². The van der Waals surface area contributed by atoms with Crippen LogP contribution < -0.4 is 25.8 Å². The molecule has 0 fully saturated rings. The van der Waals surface area contributed by atoms with Crippen LogP contribution in [0.2, 0.25) is 0 Å². The first-order chi connectivity index (χ1) is 15.1. The lowest BCUT2D eigenvalue weighted by molar-refractivity contribution is 0.100. The Morgan fingerprint density at radius 2 is 1.81 bits per heavy atom. The number of nitrogens with zero attached hydrogens (tertiary/aromatic N) is 4. The predicted octanol–water partition coefficient (Wildman–Crippen LogP) is 2.60. The number of rotatable bonds is 8. The molecule has 10 nitrogen and oxygen atoms in total. The zero-order chi connectivity index (χ0) is 21.8. The van der Waals surface area contributed by atoms with Crippen molar-refractivity contribution >= 4 is 29.0 Å². The lowest BCUT2D eigenvalue weighted by Crippen LogP contribution is -2.18. The molecule has 4 rings (SSSR count). The Hall–Kier alpha value is -4.34. The van der Waals surface area contributed by atoms with Crippen LogP contribution in [0.15, 0.2) is 55.1 Å². The van der Waals surface area contributed by atoms with E-state index in [1.807, 2.05) is 12.1 Å². The molecule has 10 heteroatoms. The predicted molar refractivity (Wildman–Crippen MR) is 116 cm³/mol. The molecule has 1 aromatic carbocycles. The van der Waals surface area contributed by atoms with Crippen molar-refractivity contribution in [3.8, 4) is 11.5 Å². The molecule has 3 heterocycles. The monoisotopic (exact) mass is 419 g/mol. The molecule has 0 unspecified atom stereocenters. The summed E-state index contributed by atoms with van der Waals surface area (Å²) in [4.78, 5) is 25.2. The van der Waals surface area contributed by atoms with Gasteiger partial charge in [0.2, 0.25) is 5.95 Å². The van der Waals surface area contributed by atoms with Crippen molar-refractivity contribution in [1.82, 2.24) is 19.4 Å². The van der Waals surface area contributed by atoms with Crippen LogP contribution in [-0.4, -0.2) is 39.5 Å². The molecule has 0 bridgehead atoms. The van der Waals surface area contributed by atoms with Crippen LogP contribution >= 0.6 is 0 Å². The molecule has 4 N–H and O–H groups in total. The van der Waals surface area contributed by atoms with Gasteiger partial charge >= 0.3 is 0 Å². The van der Waals surface area contributed by atoms with Crippen molar-refractivity contribution in [2.45, 2.75) is 6.54 Å². The summed E-state index contributed by atoms with van der Waals surface area (Å²) < 4.78 is 12.3. The minimum atomic E-state index is -0.651. The van der Waals surface area contributed by atoms with Crippen LogP contribution in [0.25, 0.3) is 5.65 Å². The van der Waals surface area contributed by atoms with E-state index in [2.05, 4.69) is 25.6 Å². The second kappa shape index (κ2) is 8.57. The fourth-order valence-electron chi connectivity index (χ4n) is 3.12. The van der Waals surface area contributed by atoms with E-state index >= 15 is 0 Å². The van der Waals surface area contributed by atoms with Gasteiger partial charge in [-0.3, -0.25) is 14.2 Å². The van der Waals surface area contributed by atoms with Crippen LogP contribution in [-0.2, 0) is 6.54 Å². The minimum absolute atomic E-state index is 0.168. The Labute approximate surface area is 178 Å². The summed E-state index contributed by atoms with van der Waals surface area (Å²) in [6.07, 6.45) is 6.73. The Morgan fingerprint density at radius 3 is 2.45 bits per heavy atom. The summed E-state index contributed by atoms with van der Waals surface area (Å²) in [5, 5.41) is 6.42. The fraction of sp³-hybridized carbons (Fsp3) is 0.143. The maximum Gasteiger partial charge on any atom is 0.256 e. The molecule has 0 saturated carbocycles. The number of imidazole rings is 1. The Morgan fingerprint density at radius 1 is 1.10 bits per heavy atom. The third-order valence-corrected chi connectivity index (χ3v) is 4.61. The first kappa shape index (κ1) is 20.0. The molecule has 0 spiro atoms. The van der Waals surface area contributed by atoms with Crippen LogP contribution in [0.4, 0.5) is 17.5 Å². The van der Waals surface area contributed by atoms with Gasteiger partial charge in [0.15, 0.2) is 11.5 Å². The van der Waals surface area contributed by atoms with Crippen LogP contribution in [0, 0.1) is 0 Å². The number of carbonyl (C=O) groups excluding carboxylic acids is 1. The number of pyridine rings is 1. The third kappa shape index (κ3) is 4.17. The van der Waals surface area contributed by atoms with Gasteiger partial charge in [-0.1, -0.05) is 0 Å². The number of ether oxygens (including phenoxy) is 2. The molecule has 31 heavy (non-hydrogen) atoms. The number of aromatic nitrogens is 4. The summed E-state index contributed by atoms with van der Waals surface area (Å²) in [5.41, 5.74) is 7.86. The maximum absolute atomic E-state index is 12.3. The summed E-state index contributed by atoms with van der Waals surface area (Å²) in [5.74, 6) is 1.27. The van der Waals surface area contributed by atoms with Gasteiger partial charge in [0.05, 0.1) is 14.2 Å². The normalized spacial score (nSPS) is 10.6. The van der Waals surface area contributed by atoms with E-state index in [9.17, 15) is 4.79 Å². The fourth-order valence-corrected chi connectivity index (χ4v) is 3.12. The van der Waals surface area contributed by atoms with E-state index < -0.39 is 5.91 Å². The molecule has 0 radical (unpaired) electrons. The Bertz CT molecular complexity index is 1200. The quantitative estimate of drug-likeness (QED) is 0.397. The summed E-state index contributed by atoms with van der Waals surface area (Å²) >= 11 is 0. The van der Waals surface area contributed by atoms with Crippen molar-refractivity contribution in [3.05, 3.63) is 66.2 Å². The number of fused-ring (bicyclic) bond motifs is 1. The van der Waals surface area contributed by atoms with E-state index in [0.29, 0.717) is 35.3 Å². The lowest BCUT2D eigenvalue weighted by Gasteiger charge is -2.16. The Kier molecular flexibility index (Phi) is 5.52. The van der Waals surface area contributed by atoms with E-state index in [-0.39, 0.29) is 11.4 Å². The van der Waals surface area contributed by atoms with Gasteiger partial charge in [0, 0.05) is 55.2 Å². The minimum Gasteiger partial charge on any atom is -0.497 e. The maximum atomic E-state index is 12.3. The van der Waals surface area contributed by atoms with Gasteiger partial charge in [-0.15, -0.1) is 0 Å². The van der Waals surface area contributed by atoms with E-state index in [1.165, 1.54) is 0 Å². The molecule has 0 aliphatic carbocycles. The summed E-state index contributed by atoms with van der Waals surface area (Å²) in [6, 6.07) is 9.06. The molecule has 1 amide bonds. The molecule has 0 aliphatic heterocycles. The molecular formula is C21H21N7O3. The number of methoxy groups -OCH3 is 2. The molecular weight excluding hydrogens is 398 g/mol. The highest BCUT2D eigenvalue weighted by Crippen LogP contribution is 2.30. The second-order valence-electron chi connectivity index (χ2n) is 6.58. The molecule has 158 valence electrons. The highest BCUT2D eigenvalue weighted by Gasteiger charge is 2.20. The van der Waals surface area contributed by atoms with Crippen molar-refractivity contribution in [1.29, 1.82) is 0 Å². The molecule has 0 aliphatic rings. The zero-order valence-electron chi connectivity index (χ0n) is 17.0. The largest absolute Gasteiger partial charge is 0.497 e.